The average Bonchev–Trinajstić information content (AvgIpc) is 2.37. The molecular formula is C17H18BrFO. The Kier molecular flexibility index (Phi) is 4.48. The van der Waals surface area contributed by atoms with Crippen molar-refractivity contribution < 1.29 is 9.13 Å². The standard InChI is InChI=1S/C17H18BrFO/c1-17(2,3)13-5-4-6-15(9-13)20-11-12-7-8-14(18)10-16(12)19/h4-10H,11H2,1-3H3. The van der Waals surface area contributed by atoms with E-state index in [4.69, 9.17) is 4.74 Å². The van der Waals surface area contributed by atoms with Crippen LogP contribution in [0.25, 0.3) is 0 Å². The van der Waals surface area contributed by atoms with Crippen LogP contribution in [0.1, 0.15) is 31.9 Å². The molecule has 0 heterocycles. The molecule has 0 bridgehead atoms. The van der Waals surface area contributed by atoms with Gasteiger partial charge in [-0.05, 0) is 35.2 Å². The van der Waals surface area contributed by atoms with Gasteiger partial charge in [0.05, 0.1) is 0 Å². The van der Waals surface area contributed by atoms with E-state index in [-0.39, 0.29) is 17.8 Å². The molecule has 20 heavy (non-hydrogen) atoms. The minimum atomic E-state index is -0.258. The van der Waals surface area contributed by atoms with Crippen LogP contribution in [0, 0.1) is 5.82 Å². The van der Waals surface area contributed by atoms with Gasteiger partial charge in [0, 0.05) is 10.0 Å². The van der Waals surface area contributed by atoms with Gasteiger partial charge in [-0.15, -0.1) is 0 Å². The van der Waals surface area contributed by atoms with Gasteiger partial charge >= 0.3 is 0 Å². The van der Waals surface area contributed by atoms with Gasteiger partial charge in [-0.3, -0.25) is 0 Å². The third-order valence-corrected chi connectivity index (χ3v) is 3.60. The summed E-state index contributed by atoms with van der Waals surface area (Å²) in [5, 5.41) is 0. The van der Waals surface area contributed by atoms with Crippen LogP contribution in [0.15, 0.2) is 46.9 Å². The Labute approximate surface area is 127 Å². The molecule has 3 heteroatoms. The first-order valence-corrected chi connectivity index (χ1v) is 7.33. The normalized spacial score (nSPS) is 11.4. The topological polar surface area (TPSA) is 9.23 Å². The Morgan fingerprint density at radius 2 is 1.85 bits per heavy atom. The Balaban J connectivity index is 2.11. The molecule has 0 spiro atoms. The van der Waals surface area contributed by atoms with E-state index in [0.717, 1.165) is 10.2 Å². The summed E-state index contributed by atoms with van der Waals surface area (Å²) in [4.78, 5) is 0. The monoisotopic (exact) mass is 336 g/mol. The molecule has 2 rings (SSSR count). The average molecular weight is 337 g/mol. The van der Waals surface area contributed by atoms with Gasteiger partial charge in [0.1, 0.15) is 18.2 Å². The van der Waals surface area contributed by atoms with E-state index in [9.17, 15) is 4.39 Å². The van der Waals surface area contributed by atoms with E-state index in [1.807, 2.05) is 24.3 Å². The Bertz CT molecular complexity index is 602. The summed E-state index contributed by atoms with van der Waals surface area (Å²) >= 11 is 3.24. The predicted octanol–water partition coefficient (Wildman–Crippen LogP) is 5.46. The molecular weight excluding hydrogens is 319 g/mol. The lowest BCUT2D eigenvalue weighted by atomic mass is 9.87. The van der Waals surface area contributed by atoms with Gasteiger partial charge in [-0.25, -0.2) is 4.39 Å². The van der Waals surface area contributed by atoms with Crippen molar-refractivity contribution in [3.05, 3.63) is 63.9 Å². The fourth-order valence-corrected chi connectivity index (χ4v) is 2.19. The Morgan fingerprint density at radius 3 is 2.50 bits per heavy atom. The fourth-order valence-electron chi connectivity index (χ4n) is 1.85. The number of ether oxygens (including phenoxy) is 1. The summed E-state index contributed by atoms with van der Waals surface area (Å²) < 4.78 is 20.1. The van der Waals surface area contributed by atoms with Crippen LogP contribution in [-0.2, 0) is 12.0 Å². The summed E-state index contributed by atoms with van der Waals surface area (Å²) in [5.74, 6) is 0.506. The Morgan fingerprint density at radius 1 is 1.10 bits per heavy atom. The van der Waals surface area contributed by atoms with Gasteiger partial charge in [0.25, 0.3) is 0 Å². The van der Waals surface area contributed by atoms with Crippen molar-refractivity contribution in [1.29, 1.82) is 0 Å². The number of hydrogen-bond acceptors (Lipinski definition) is 1. The second kappa shape index (κ2) is 5.96. The van der Waals surface area contributed by atoms with Crippen LogP contribution in [-0.4, -0.2) is 0 Å². The zero-order valence-corrected chi connectivity index (χ0v) is 13.5. The summed E-state index contributed by atoms with van der Waals surface area (Å²) in [6.45, 7) is 6.69. The van der Waals surface area contributed by atoms with E-state index in [0.29, 0.717) is 5.56 Å². The lowest BCUT2D eigenvalue weighted by Gasteiger charge is -2.19. The van der Waals surface area contributed by atoms with Gasteiger partial charge in [-0.2, -0.15) is 0 Å². The molecule has 0 radical (unpaired) electrons. The molecule has 0 amide bonds. The molecule has 0 aliphatic rings. The largest absolute Gasteiger partial charge is 0.489 e. The molecule has 0 unspecified atom stereocenters. The zero-order valence-electron chi connectivity index (χ0n) is 11.9. The summed E-state index contributed by atoms with van der Waals surface area (Å²) in [6.07, 6.45) is 0. The molecule has 0 atom stereocenters. The minimum absolute atomic E-state index is 0.0717. The lowest BCUT2D eigenvalue weighted by molar-refractivity contribution is 0.299. The predicted molar refractivity (Wildman–Crippen MR) is 83.6 cm³/mol. The van der Waals surface area contributed by atoms with E-state index in [1.54, 1.807) is 6.07 Å². The second-order valence-electron chi connectivity index (χ2n) is 5.80. The first-order chi connectivity index (χ1) is 9.36. The highest BCUT2D eigenvalue weighted by molar-refractivity contribution is 9.10. The first-order valence-electron chi connectivity index (χ1n) is 6.53. The third kappa shape index (κ3) is 3.83. The minimum Gasteiger partial charge on any atom is -0.489 e. The smallest absolute Gasteiger partial charge is 0.130 e. The molecule has 0 N–H and O–H groups in total. The highest BCUT2D eigenvalue weighted by Crippen LogP contribution is 2.26. The summed E-state index contributed by atoms with van der Waals surface area (Å²) in [7, 11) is 0. The molecule has 2 aromatic rings. The van der Waals surface area contributed by atoms with Crippen LogP contribution in [0.3, 0.4) is 0 Å². The van der Waals surface area contributed by atoms with Crippen molar-refractivity contribution in [1.82, 2.24) is 0 Å². The molecule has 0 aliphatic carbocycles. The maximum absolute atomic E-state index is 13.7. The number of rotatable bonds is 3. The van der Waals surface area contributed by atoms with Gasteiger partial charge in [0.2, 0.25) is 0 Å². The van der Waals surface area contributed by atoms with E-state index >= 15 is 0 Å². The highest BCUT2D eigenvalue weighted by Gasteiger charge is 2.14. The van der Waals surface area contributed by atoms with Gasteiger partial charge in [-0.1, -0.05) is 54.9 Å². The van der Waals surface area contributed by atoms with Crippen LogP contribution in [0.2, 0.25) is 0 Å². The van der Waals surface area contributed by atoms with E-state index < -0.39 is 0 Å². The maximum atomic E-state index is 13.7. The van der Waals surface area contributed by atoms with Crippen LogP contribution in [0.4, 0.5) is 4.39 Å². The maximum Gasteiger partial charge on any atom is 0.130 e. The van der Waals surface area contributed by atoms with Crippen molar-refractivity contribution in [2.24, 2.45) is 0 Å². The molecule has 106 valence electrons. The van der Waals surface area contributed by atoms with Crippen molar-refractivity contribution in [2.75, 3.05) is 0 Å². The van der Waals surface area contributed by atoms with Crippen molar-refractivity contribution in [3.8, 4) is 5.75 Å². The summed E-state index contributed by atoms with van der Waals surface area (Å²) in [6, 6.07) is 12.9. The van der Waals surface area contributed by atoms with Crippen LogP contribution >= 0.6 is 15.9 Å². The number of benzene rings is 2. The zero-order chi connectivity index (χ0) is 14.8. The Hall–Kier alpha value is -1.35. The molecule has 0 aliphatic heterocycles. The molecule has 0 saturated heterocycles. The fraction of sp³-hybridized carbons (Fsp3) is 0.294. The van der Waals surface area contributed by atoms with Gasteiger partial charge in [0.15, 0.2) is 0 Å². The quantitative estimate of drug-likeness (QED) is 0.722. The lowest BCUT2D eigenvalue weighted by Crippen LogP contribution is -2.11. The van der Waals surface area contributed by atoms with E-state index in [2.05, 4.69) is 42.8 Å². The molecule has 2 aromatic carbocycles. The van der Waals surface area contributed by atoms with Crippen LogP contribution in [0.5, 0.6) is 5.75 Å². The molecule has 0 fully saturated rings. The molecule has 1 nitrogen and oxygen atoms in total. The van der Waals surface area contributed by atoms with Crippen molar-refractivity contribution in [3.63, 3.8) is 0 Å². The van der Waals surface area contributed by atoms with Crippen molar-refractivity contribution in [2.45, 2.75) is 32.8 Å². The molecule has 0 saturated carbocycles. The third-order valence-electron chi connectivity index (χ3n) is 3.11. The SMILES string of the molecule is CC(C)(C)c1cccc(OCc2ccc(Br)cc2F)c1. The summed E-state index contributed by atoms with van der Waals surface area (Å²) in [5.41, 5.74) is 1.82. The van der Waals surface area contributed by atoms with E-state index in [1.165, 1.54) is 11.6 Å². The number of hydrogen-bond donors (Lipinski definition) is 0. The van der Waals surface area contributed by atoms with Gasteiger partial charge < -0.3 is 4.74 Å². The first kappa shape index (κ1) is 15.0. The highest BCUT2D eigenvalue weighted by atomic mass is 79.9. The van der Waals surface area contributed by atoms with Crippen LogP contribution < -0.4 is 4.74 Å². The molecule has 0 aromatic heterocycles. The second-order valence-corrected chi connectivity index (χ2v) is 6.72. The number of halogens is 2. The van der Waals surface area contributed by atoms with Crippen molar-refractivity contribution >= 4 is 15.9 Å².